The molecule has 0 aliphatic heterocycles. The fourth-order valence-electron chi connectivity index (χ4n) is 3.82. The van der Waals surface area contributed by atoms with Crippen LogP contribution in [-0.4, -0.2) is 40.5 Å². The van der Waals surface area contributed by atoms with Crippen molar-refractivity contribution in [3.63, 3.8) is 0 Å². The number of carbonyl (C=O) groups excluding carboxylic acids is 3. The van der Waals surface area contributed by atoms with Gasteiger partial charge in [0.25, 0.3) is 5.91 Å². The van der Waals surface area contributed by atoms with Crippen LogP contribution in [0.1, 0.15) is 76.3 Å². The number of anilines is 1. The fraction of sp³-hybridized carbons (Fsp3) is 0.483. The molecule has 2 N–H and O–H groups in total. The molecule has 7 heteroatoms. The maximum atomic E-state index is 13.9. The molecule has 196 valence electrons. The quantitative estimate of drug-likeness (QED) is 0.482. The number of hydrogen-bond acceptors (Lipinski definition) is 4. The monoisotopic (exact) mass is 495 g/mol. The first-order chi connectivity index (χ1) is 16.7. The van der Waals surface area contributed by atoms with Crippen molar-refractivity contribution in [1.82, 2.24) is 10.2 Å². The molecular weight excluding hydrogens is 454 g/mol. The van der Waals surface area contributed by atoms with Crippen molar-refractivity contribution < 1.29 is 19.1 Å². The van der Waals surface area contributed by atoms with E-state index in [1.165, 1.54) is 0 Å². The van der Waals surface area contributed by atoms with Crippen LogP contribution in [0.2, 0.25) is 0 Å². The molecule has 0 aromatic heterocycles. The van der Waals surface area contributed by atoms with Crippen molar-refractivity contribution in [2.75, 3.05) is 11.9 Å². The SMILES string of the molecule is CCC(C)(C)N(C(=O)CNC(=O)OC(C)(C)C)C(C(=O)Nc1ccccc1C)c1ccc(C)c(C)c1. The van der Waals surface area contributed by atoms with E-state index in [1.54, 1.807) is 25.7 Å². The lowest BCUT2D eigenvalue weighted by atomic mass is 9.91. The molecule has 0 spiro atoms. The van der Waals surface area contributed by atoms with Crippen LogP contribution < -0.4 is 10.6 Å². The highest BCUT2D eigenvalue weighted by atomic mass is 16.6. The van der Waals surface area contributed by atoms with Crippen LogP contribution >= 0.6 is 0 Å². The minimum atomic E-state index is -0.910. The summed E-state index contributed by atoms with van der Waals surface area (Å²) in [6.07, 6.45) is -0.0818. The van der Waals surface area contributed by atoms with Gasteiger partial charge in [0.1, 0.15) is 18.2 Å². The Balaban J connectivity index is 2.51. The van der Waals surface area contributed by atoms with Crippen LogP contribution in [-0.2, 0) is 14.3 Å². The van der Waals surface area contributed by atoms with E-state index < -0.39 is 23.3 Å². The number of para-hydroxylation sites is 1. The van der Waals surface area contributed by atoms with Gasteiger partial charge in [-0.25, -0.2) is 4.79 Å². The predicted molar refractivity (Wildman–Crippen MR) is 144 cm³/mol. The molecule has 3 amide bonds. The van der Waals surface area contributed by atoms with Gasteiger partial charge in [0.05, 0.1) is 0 Å². The number of nitrogens with zero attached hydrogens (tertiary/aromatic N) is 1. The minimum absolute atomic E-state index is 0.294. The summed E-state index contributed by atoms with van der Waals surface area (Å²) in [5.74, 6) is -0.699. The number of rotatable bonds is 8. The van der Waals surface area contributed by atoms with Gasteiger partial charge in [-0.3, -0.25) is 9.59 Å². The first kappa shape index (κ1) is 28.9. The Morgan fingerprint density at radius 3 is 2.11 bits per heavy atom. The van der Waals surface area contributed by atoms with Crippen LogP contribution in [0.15, 0.2) is 42.5 Å². The van der Waals surface area contributed by atoms with E-state index in [-0.39, 0.29) is 18.4 Å². The molecule has 0 saturated carbocycles. The topological polar surface area (TPSA) is 87.7 Å². The van der Waals surface area contributed by atoms with Crippen molar-refractivity contribution in [3.05, 3.63) is 64.7 Å². The van der Waals surface area contributed by atoms with Gasteiger partial charge in [-0.2, -0.15) is 0 Å². The highest BCUT2D eigenvalue weighted by molar-refractivity contribution is 5.99. The summed E-state index contributed by atoms with van der Waals surface area (Å²) in [6, 6.07) is 12.4. The van der Waals surface area contributed by atoms with E-state index in [4.69, 9.17) is 4.74 Å². The maximum Gasteiger partial charge on any atom is 0.408 e. The third-order valence-corrected chi connectivity index (χ3v) is 6.33. The Morgan fingerprint density at radius 1 is 0.917 bits per heavy atom. The second kappa shape index (κ2) is 11.6. The highest BCUT2D eigenvalue weighted by Crippen LogP contribution is 2.33. The number of alkyl carbamates (subject to hydrolysis) is 1. The van der Waals surface area contributed by atoms with Crippen LogP contribution in [0.5, 0.6) is 0 Å². The van der Waals surface area contributed by atoms with E-state index in [9.17, 15) is 14.4 Å². The number of hydrogen-bond donors (Lipinski definition) is 2. The molecule has 2 aromatic rings. The second-order valence-corrected chi connectivity index (χ2v) is 10.8. The van der Waals surface area contributed by atoms with Gasteiger partial charge in [0, 0.05) is 11.2 Å². The molecule has 1 atom stereocenters. The molecule has 0 bridgehead atoms. The van der Waals surface area contributed by atoms with Gasteiger partial charge < -0.3 is 20.3 Å². The summed E-state index contributed by atoms with van der Waals surface area (Å²) in [4.78, 5) is 41.4. The molecule has 1 unspecified atom stereocenters. The number of carbonyl (C=O) groups is 3. The van der Waals surface area contributed by atoms with Crippen molar-refractivity contribution in [1.29, 1.82) is 0 Å². The number of ether oxygens (including phenoxy) is 1. The van der Waals surface area contributed by atoms with E-state index in [1.807, 2.05) is 84.0 Å². The molecule has 0 aliphatic carbocycles. The lowest BCUT2D eigenvalue weighted by Crippen LogP contribution is -2.55. The summed E-state index contributed by atoms with van der Waals surface area (Å²) >= 11 is 0. The smallest absolute Gasteiger partial charge is 0.408 e. The standard InChI is InChI=1S/C29H41N3O4/c1-10-29(8,9)32(24(33)18-30-27(35)36-28(5,6)7)25(22-16-15-19(2)21(4)17-22)26(34)31-23-14-12-11-13-20(23)3/h11-17,25H,10,18H2,1-9H3,(H,30,35)(H,31,34). The van der Waals surface area contributed by atoms with Crippen LogP contribution in [0.3, 0.4) is 0 Å². The molecule has 0 radical (unpaired) electrons. The first-order valence-electron chi connectivity index (χ1n) is 12.4. The van der Waals surface area contributed by atoms with E-state index in [0.717, 1.165) is 16.7 Å². The average molecular weight is 496 g/mol. The number of nitrogens with one attached hydrogen (secondary N) is 2. The summed E-state index contributed by atoms with van der Waals surface area (Å²) < 4.78 is 5.29. The van der Waals surface area contributed by atoms with Gasteiger partial charge in [-0.15, -0.1) is 0 Å². The Bertz CT molecular complexity index is 1100. The predicted octanol–water partition coefficient (Wildman–Crippen LogP) is 5.83. The molecule has 2 rings (SSSR count). The largest absolute Gasteiger partial charge is 0.444 e. The Morgan fingerprint density at radius 2 is 1.56 bits per heavy atom. The van der Waals surface area contributed by atoms with Crippen molar-refractivity contribution in [2.24, 2.45) is 0 Å². The minimum Gasteiger partial charge on any atom is -0.444 e. The Kier molecular flexibility index (Phi) is 9.30. The molecule has 0 heterocycles. The fourth-order valence-corrected chi connectivity index (χ4v) is 3.82. The van der Waals surface area contributed by atoms with E-state index in [0.29, 0.717) is 17.7 Å². The van der Waals surface area contributed by atoms with Crippen LogP contribution in [0.4, 0.5) is 10.5 Å². The average Bonchev–Trinajstić information content (AvgIpc) is 2.78. The molecular formula is C29H41N3O4. The van der Waals surface area contributed by atoms with Gasteiger partial charge >= 0.3 is 6.09 Å². The number of aryl methyl sites for hydroxylation is 3. The molecule has 2 aromatic carbocycles. The van der Waals surface area contributed by atoms with Gasteiger partial charge in [-0.05, 0) is 90.1 Å². The second-order valence-electron chi connectivity index (χ2n) is 10.8. The summed E-state index contributed by atoms with van der Waals surface area (Å²) in [5, 5.41) is 5.58. The zero-order chi connectivity index (χ0) is 27.3. The lowest BCUT2D eigenvalue weighted by Gasteiger charge is -2.43. The van der Waals surface area contributed by atoms with Crippen LogP contribution in [0.25, 0.3) is 0 Å². The third kappa shape index (κ3) is 7.57. The van der Waals surface area contributed by atoms with Crippen molar-refractivity contribution in [3.8, 4) is 0 Å². The lowest BCUT2D eigenvalue weighted by molar-refractivity contribution is -0.145. The molecule has 0 saturated heterocycles. The molecule has 0 aliphatic rings. The summed E-state index contributed by atoms with van der Waals surface area (Å²) in [5.41, 5.74) is 3.06. The summed E-state index contributed by atoms with van der Waals surface area (Å²) in [7, 11) is 0. The van der Waals surface area contributed by atoms with Gasteiger partial charge in [-0.1, -0.05) is 43.3 Å². The summed E-state index contributed by atoms with van der Waals surface area (Å²) in [6.45, 7) is 16.7. The van der Waals surface area contributed by atoms with Crippen molar-refractivity contribution in [2.45, 2.75) is 85.9 Å². The maximum absolute atomic E-state index is 13.9. The Hall–Kier alpha value is -3.35. The zero-order valence-corrected chi connectivity index (χ0v) is 23.1. The zero-order valence-electron chi connectivity index (χ0n) is 23.1. The van der Waals surface area contributed by atoms with Crippen molar-refractivity contribution >= 4 is 23.6 Å². The van der Waals surface area contributed by atoms with E-state index in [2.05, 4.69) is 10.6 Å². The molecule has 0 fully saturated rings. The number of benzene rings is 2. The Labute approximate surface area is 215 Å². The van der Waals surface area contributed by atoms with Gasteiger partial charge in [0.2, 0.25) is 5.91 Å². The highest BCUT2D eigenvalue weighted by Gasteiger charge is 2.40. The van der Waals surface area contributed by atoms with Crippen LogP contribution in [0, 0.1) is 20.8 Å². The third-order valence-electron chi connectivity index (χ3n) is 6.33. The first-order valence-corrected chi connectivity index (χ1v) is 12.4. The van der Waals surface area contributed by atoms with Gasteiger partial charge in [0.15, 0.2) is 0 Å². The number of amides is 3. The normalized spacial score (nSPS) is 12.5. The van der Waals surface area contributed by atoms with E-state index >= 15 is 0 Å². The molecule has 36 heavy (non-hydrogen) atoms. The molecule has 7 nitrogen and oxygen atoms in total.